The van der Waals surface area contributed by atoms with Gasteiger partial charge in [-0.1, -0.05) is 39.5 Å². The molecule has 0 heterocycles. The van der Waals surface area contributed by atoms with Gasteiger partial charge < -0.3 is 4.74 Å². The monoisotopic (exact) mass is 282 g/mol. The smallest absolute Gasteiger partial charge is 0.0850 e. The minimum atomic E-state index is -0.00723. The Bertz CT molecular complexity index is 283. The second-order valence-electron chi connectivity index (χ2n) is 7.23. The zero-order valence-corrected chi connectivity index (χ0v) is 13.7. The van der Waals surface area contributed by atoms with Crippen molar-refractivity contribution in [3.63, 3.8) is 0 Å². The summed E-state index contributed by atoms with van der Waals surface area (Å²) < 4.78 is 6.30. The third-order valence-electron chi connectivity index (χ3n) is 5.99. The number of hydrogen-bond donors (Lipinski definition) is 2. The lowest BCUT2D eigenvalue weighted by Gasteiger charge is -2.48. The summed E-state index contributed by atoms with van der Waals surface area (Å²) in [5.41, 5.74) is 3.17. The normalized spacial score (nSPS) is 35.7. The average molecular weight is 282 g/mol. The first-order chi connectivity index (χ1) is 9.63. The highest BCUT2D eigenvalue weighted by atomic mass is 16.5. The Morgan fingerprint density at radius 2 is 1.85 bits per heavy atom. The van der Waals surface area contributed by atoms with E-state index in [4.69, 9.17) is 10.6 Å². The second kappa shape index (κ2) is 7.24. The minimum Gasteiger partial charge on any atom is -0.374 e. The van der Waals surface area contributed by atoms with Crippen LogP contribution in [0.1, 0.15) is 72.1 Å². The van der Waals surface area contributed by atoms with E-state index in [9.17, 15) is 0 Å². The largest absolute Gasteiger partial charge is 0.374 e. The van der Waals surface area contributed by atoms with Crippen LogP contribution in [0.4, 0.5) is 0 Å². The van der Waals surface area contributed by atoms with Gasteiger partial charge >= 0.3 is 0 Å². The molecular formula is C17H34N2O. The van der Waals surface area contributed by atoms with Gasteiger partial charge in [-0.15, -0.1) is 0 Å². The van der Waals surface area contributed by atoms with Crippen LogP contribution >= 0.6 is 0 Å². The van der Waals surface area contributed by atoms with Crippen molar-refractivity contribution >= 4 is 0 Å². The minimum absolute atomic E-state index is 0.00723. The lowest BCUT2D eigenvalue weighted by Crippen LogP contribution is -2.60. The summed E-state index contributed by atoms with van der Waals surface area (Å²) in [6.45, 7) is 7.72. The van der Waals surface area contributed by atoms with Crippen LogP contribution in [0.25, 0.3) is 0 Å². The fourth-order valence-electron chi connectivity index (χ4n) is 4.59. The van der Waals surface area contributed by atoms with Gasteiger partial charge in [-0.05, 0) is 50.4 Å². The summed E-state index contributed by atoms with van der Waals surface area (Å²) in [5.74, 6) is 8.35. The zero-order valence-electron chi connectivity index (χ0n) is 13.7. The Labute approximate surface area is 125 Å². The number of rotatable bonds is 5. The molecular weight excluding hydrogens is 248 g/mol. The maximum atomic E-state index is 6.30. The first-order valence-electron chi connectivity index (χ1n) is 8.73. The Kier molecular flexibility index (Phi) is 5.88. The lowest BCUT2D eigenvalue weighted by molar-refractivity contribution is -0.108. The van der Waals surface area contributed by atoms with Gasteiger partial charge in [0, 0.05) is 6.61 Å². The molecule has 0 aromatic carbocycles. The van der Waals surface area contributed by atoms with Gasteiger partial charge in [0.2, 0.25) is 0 Å². The molecule has 2 aliphatic carbocycles. The molecule has 0 spiro atoms. The van der Waals surface area contributed by atoms with Crippen molar-refractivity contribution in [2.24, 2.45) is 23.6 Å². The van der Waals surface area contributed by atoms with Crippen LogP contribution in [0.3, 0.4) is 0 Å². The van der Waals surface area contributed by atoms with E-state index < -0.39 is 0 Å². The van der Waals surface area contributed by atoms with Crippen molar-refractivity contribution in [3.05, 3.63) is 0 Å². The molecule has 4 unspecified atom stereocenters. The maximum absolute atomic E-state index is 6.30. The molecule has 2 fully saturated rings. The standard InChI is InChI=1S/C17H34N2O/c1-4-20-17(10-6-5-7-11-17)16(19-18)15-9-8-13(2)14(3)12-15/h13-16,19H,4-12,18H2,1-3H3. The van der Waals surface area contributed by atoms with Gasteiger partial charge in [0.15, 0.2) is 0 Å². The quantitative estimate of drug-likeness (QED) is 0.598. The lowest BCUT2D eigenvalue weighted by atomic mass is 9.67. The molecule has 0 aliphatic heterocycles. The van der Waals surface area contributed by atoms with E-state index in [0.717, 1.165) is 18.4 Å². The van der Waals surface area contributed by atoms with Crippen LogP contribution in [0.15, 0.2) is 0 Å². The van der Waals surface area contributed by atoms with Gasteiger partial charge in [-0.25, -0.2) is 0 Å². The summed E-state index contributed by atoms with van der Waals surface area (Å²) in [7, 11) is 0. The van der Waals surface area contributed by atoms with Crippen LogP contribution in [0.2, 0.25) is 0 Å². The molecule has 118 valence electrons. The molecule has 3 heteroatoms. The predicted octanol–water partition coefficient (Wildman–Crippen LogP) is 3.63. The van der Waals surface area contributed by atoms with Gasteiger partial charge in [0.25, 0.3) is 0 Å². The molecule has 3 nitrogen and oxygen atoms in total. The second-order valence-corrected chi connectivity index (χ2v) is 7.23. The molecule has 4 atom stereocenters. The van der Waals surface area contributed by atoms with Crippen molar-refractivity contribution in [2.45, 2.75) is 83.8 Å². The highest BCUT2D eigenvalue weighted by molar-refractivity contribution is 4.99. The van der Waals surface area contributed by atoms with Gasteiger partial charge in [-0.3, -0.25) is 11.3 Å². The van der Waals surface area contributed by atoms with E-state index in [-0.39, 0.29) is 5.60 Å². The maximum Gasteiger partial charge on any atom is 0.0850 e. The van der Waals surface area contributed by atoms with Gasteiger partial charge in [-0.2, -0.15) is 0 Å². The topological polar surface area (TPSA) is 47.3 Å². The molecule has 0 saturated heterocycles. The molecule has 2 rings (SSSR count). The number of nitrogens with one attached hydrogen (secondary N) is 1. The number of hydrazine groups is 1. The predicted molar refractivity (Wildman–Crippen MR) is 84.2 cm³/mol. The summed E-state index contributed by atoms with van der Waals surface area (Å²) >= 11 is 0. The van der Waals surface area contributed by atoms with E-state index >= 15 is 0 Å². The van der Waals surface area contributed by atoms with E-state index in [1.165, 1.54) is 51.4 Å². The SMILES string of the molecule is CCOC1(C(NN)C2CCC(C)C(C)C2)CCCCC1. The van der Waals surface area contributed by atoms with E-state index in [1.807, 2.05) is 0 Å². The molecule has 0 bridgehead atoms. The number of nitrogens with two attached hydrogens (primary N) is 1. The van der Waals surface area contributed by atoms with Crippen molar-refractivity contribution in [3.8, 4) is 0 Å². The Balaban J connectivity index is 2.11. The number of ether oxygens (including phenoxy) is 1. The van der Waals surface area contributed by atoms with E-state index in [0.29, 0.717) is 12.0 Å². The third-order valence-corrected chi connectivity index (χ3v) is 5.99. The molecule has 20 heavy (non-hydrogen) atoms. The van der Waals surface area contributed by atoms with Gasteiger partial charge in [0.1, 0.15) is 0 Å². The molecule has 2 aliphatic rings. The van der Waals surface area contributed by atoms with Crippen LogP contribution < -0.4 is 11.3 Å². The Morgan fingerprint density at radius 1 is 1.15 bits per heavy atom. The van der Waals surface area contributed by atoms with Crippen LogP contribution in [0.5, 0.6) is 0 Å². The molecule has 0 radical (unpaired) electrons. The van der Waals surface area contributed by atoms with Gasteiger partial charge in [0.05, 0.1) is 11.6 Å². The average Bonchev–Trinajstić information content (AvgIpc) is 2.45. The van der Waals surface area contributed by atoms with Crippen LogP contribution in [0, 0.1) is 17.8 Å². The highest BCUT2D eigenvalue weighted by Gasteiger charge is 2.45. The van der Waals surface area contributed by atoms with Crippen LogP contribution in [-0.2, 0) is 4.74 Å². The van der Waals surface area contributed by atoms with Crippen molar-refractivity contribution < 1.29 is 4.74 Å². The van der Waals surface area contributed by atoms with E-state index in [1.54, 1.807) is 0 Å². The fourth-order valence-corrected chi connectivity index (χ4v) is 4.59. The first-order valence-corrected chi connectivity index (χ1v) is 8.73. The Hall–Kier alpha value is -0.120. The summed E-state index contributed by atoms with van der Waals surface area (Å²) in [4.78, 5) is 0. The third kappa shape index (κ3) is 3.37. The molecule has 3 N–H and O–H groups in total. The van der Waals surface area contributed by atoms with Crippen molar-refractivity contribution in [1.29, 1.82) is 0 Å². The molecule has 2 saturated carbocycles. The summed E-state index contributed by atoms with van der Waals surface area (Å²) in [6, 6.07) is 0.331. The molecule has 0 amide bonds. The summed E-state index contributed by atoms with van der Waals surface area (Å²) in [5, 5.41) is 0. The fraction of sp³-hybridized carbons (Fsp3) is 1.00. The van der Waals surface area contributed by atoms with E-state index in [2.05, 4.69) is 26.2 Å². The zero-order chi connectivity index (χ0) is 14.6. The van der Waals surface area contributed by atoms with Crippen molar-refractivity contribution in [2.75, 3.05) is 6.61 Å². The summed E-state index contributed by atoms with van der Waals surface area (Å²) in [6.07, 6.45) is 10.2. The molecule has 0 aromatic rings. The number of hydrogen-bond acceptors (Lipinski definition) is 3. The first kappa shape index (κ1) is 16.3. The Morgan fingerprint density at radius 3 is 2.40 bits per heavy atom. The van der Waals surface area contributed by atoms with Crippen LogP contribution in [-0.4, -0.2) is 18.2 Å². The highest BCUT2D eigenvalue weighted by Crippen LogP contribution is 2.43. The van der Waals surface area contributed by atoms with Crippen molar-refractivity contribution in [1.82, 2.24) is 5.43 Å². The molecule has 0 aromatic heterocycles.